The van der Waals surface area contributed by atoms with Crippen LogP contribution in [-0.4, -0.2) is 39.9 Å². The monoisotopic (exact) mass is 388 g/mol. The average molecular weight is 389 g/mol. The highest BCUT2D eigenvalue weighted by Crippen LogP contribution is 2.51. The summed E-state index contributed by atoms with van der Waals surface area (Å²) in [6.07, 6.45) is 2.34. The summed E-state index contributed by atoms with van der Waals surface area (Å²) in [7, 11) is 0. The number of benzene rings is 1. The van der Waals surface area contributed by atoms with Crippen LogP contribution >= 0.6 is 0 Å². The Labute approximate surface area is 164 Å². The minimum atomic E-state index is -1.28. The quantitative estimate of drug-likeness (QED) is 0.632. The Morgan fingerprint density at radius 2 is 1.93 bits per heavy atom. The maximum Gasteiger partial charge on any atom is 0.410 e. The lowest BCUT2D eigenvalue weighted by atomic mass is 9.74. The summed E-state index contributed by atoms with van der Waals surface area (Å²) in [4.78, 5) is 14.2. The molecule has 1 aromatic rings. The molecule has 1 aromatic carbocycles. The third-order valence-corrected chi connectivity index (χ3v) is 7.49. The number of hydrogen-bond donors (Lipinski definition) is 0. The molecule has 1 fully saturated rings. The van der Waals surface area contributed by atoms with Crippen LogP contribution in [0.5, 0.6) is 0 Å². The fourth-order valence-corrected chi connectivity index (χ4v) is 5.57. The van der Waals surface area contributed by atoms with Gasteiger partial charge in [0.05, 0.1) is 0 Å². The van der Waals surface area contributed by atoms with Gasteiger partial charge in [0.15, 0.2) is 4.75 Å². The van der Waals surface area contributed by atoms with Crippen LogP contribution in [0.3, 0.4) is 0 Å². The van der Waals surface area contributed by atoms with Gasteiger partial charge < -0.3 is 14.2 Å². The minimum absolute atomic E-state index is 0.108. The first-order valence-electron chi connectivity index (χ1n) is 9.65. The summed E-state index contributed by atoms with van der Waals surface area (Å²) in [5.74, 6) is 0. The van der Waals surface area contributed by atoms with E-state index in [9.17, 15) is 9.35 Å². The maximum atomic E-state index is 12.9. The first-order valence-corrected chi connectivity index (χ1v) is 10.8. The van der Waals surface area contributed by atoms with E-state index in [4.69, 9.17) is 9.13 Å². The molecule has 0 radical (unpaired) electrons. The molecule has 1 spiro atoms. The summed E-state index contributed by atoms with van der Waals surface area (Å²) < 4.78 is 22.6. The molecule has 27 heavy (non-hydrogen) atoms. The predicted molar refractivity (Wildman–Crippen MR) is 107 cm³/mol. The van der Waals surface area contributed by atoms with Crippen molar-refractivity contribution in [3.8, 4) is 0 Å². The van der Waals surface area contributed by atoms with Crippen molar-refractivity contribution in [2.75, 3.05) is 13.1 Å². The molecule has 0 N–H and O–H groups in total. The van der Waals surface area contributed by atoms with Crippen molar-refractivity contribution in [1.82, 2.24) is 4.90 Å². The van der Waals surface area contributed by atoms with E-state index in [0.29, 0.717) is 13.1 Å². The predicted octanol–water partition coefficient (Wildman–Crippen LogP) is 3.96. The van der Waals surface area contributed by atoms with Gasteiger partial charge in [-0.05, 0) is 59.4 Å². The maximum absolute atomic E-state index is 12.9. The van der Waals surface area contributed by atoms with Crippen LogP contribution in [0.15, 0.2) is 22.6 Å². The zero-order valence-corrected chi connectivity index (χ0v) is 17.6. The van der Waals surface area contributed by atoms with Crippen molar-refractivity contribution in [3.63, 3.8) is 0 Å². The van der Waals surface area contributed by atoms with E-state index < -0.39 is 21.7 Å². The molecule has 0 aromatic heterocycles. The van der Waals surface area contributed by atoms with Gasteiger partial charge in [-0.1, -0.05) is 22.6 Å². The van der Waals surface area contributed by atoms with Gasteiger partial charge in [0, 0.05) is 29.6 Å². The summed E-state index contributed by atoms with van der Waals surface area (Å²) in [5, 5.41) is 0. The molecule has 1 atom stereocenters. The Bertz CT molecular complexity index is 817. The van der Waals surface area contributed by atoms with Gasteiger partial charge in [-0.15, -0.1) is 0 Å². The van der Waals surface area contributed by atoms with Crippen LogP contribution in [0.4, 0.5) is 4.79 Å². The first kappa shape index (κ1) is 18.8. The van der Waals surface area contributed by atoms with Crippen molar-refractivity contribution in [2.45, 2.75) is 64.2 Å². The Morgan fingerprint density at radius 1 is 1.26 bits per heavy atom. The Hall–Kier alpha value is -1.53. The van der Waals surface area contributed by atoms with Crippen LogP contribution < -0.4 is 0 Å². The van der Waals surface area contributed by atoms with Crippen LogP contribution in [0, 0.1) is 5.41 Å². The van der Waals surface area contributed by atoms with E-state index >= 15 is 0 Å². The first-order chi connectivity index (χ1) is 12.5. The number of amides is 1. The van der Waals surface area contributed by atoms with Crippen LogP contribution in [0.25, 0.3) is 0 Å². The molecule has 2 heterocycles. The Morgan fingerprint density at radius 3 is 2.56 bits per heavy atom. The molecule has 6 heteroatoms. The molecule has 0 saturated carbocycles. The number of ether oxygens (including phenoxy) is 1. The SMILES string of the molecule is CC(C)(C)OC(=O)N1CCC2(CC1)Cc1cccc3c1C2=N[S+]([O-])C3(C)C. The van der Waals surface area contributed by atoms with E-state index in [1.165, 1.54) is 11.1 Å². The molecule has 1 unspecified atom stereocenters. The molecule has 2 aliphatic heterocycles. The Kier molecular flexibility index (Phi) is 4.17. The van der Waals surface area contributed by atoms with Gasteiger partial charge in [-0.3, -0.25) is 0 Å². The average Bonchev–Trinajstić information content (AvgIpc) is 2.86. The third kappa shape index (κ3) is 2.97. The zero-order valence-electron chi connectivity index (χ0n) is 16.8. The summed E-state index contributed by atoms with van der Waals surface area (Å²) in [6.45, 7) is 11.0. The van der Waals surface area contributed by atoms with Crippen LogP contribution in [0.1, 0.15) is 64.2 Å². The second kappa shape index (κ2) is 5.98. The molecular weight excluding hydrogens is 360 g/mol. The lowest BCUT2D eigenvalue weighted by Crippen LogP contribution is -2.48. The molecule has 4 rings (SSSR count). The number of likely N-dealkylation sites (tertiary alicyclic amines) is 1. The van der Waals surface area contributed by atoms with Crippen molar-refractivity contribution < 1.29 is 14.1 Å². The second-order valence-electron chi connectivity index (χ2n) is 9.46. The van der Waals surface area contributed by atoms with E-state index in [2.05, 4.69) is 18.2 Å². The van der Waals surface area contributed by atoms with E-state index in [0.717, 1.165) is 30.5 Å². The molecule has 1 saturated heterocycles. The second-order valence-corrected chi connectivity index (χ2v) is 11.2. The molecule has 146 valence electrons. The standard InChI is InChI=1S/C21H28N2O3S/c1-19(2,3)26-18(24)23-11-9-21(10-12-23)13-14-7-6-8-15-16(14)17(21)22-27(25)20(15,4)5/h6-8H,9-13H2,1-5H3. The minimum Gasteiger partial charge on any atom is -0.591 e. The van der Waals surface area contributed by atoms with Gasteiger partial charge >= 0.3 is 6.09 Å². The van der Waals surface area contributed by atoms with Crippen LogP contribution in [-0.2, 0) is 27.3 Å². The van der Waals surface area contributed by atoms with Gasteiger partial charge in [0.2, 0.25) is 0 Å². The van der Waals surface area contributed by atoms with Gasteiger partial charge in [0.1, 0.15) is 22.7 Å². The van der Waals surface area contributed by atoms with Gasteiger partial charge in [-0.2, -0.15) is 0 Å². The summed E-state index contributed by atoms with van der Waals surface area (Å²) in [6, 6.07) is 6.35. The molecular formula is C21H28N2O3S. The van der Waals surface area contributed by atoms with Crippen molar-refractivity contribution >= 4 is 23.2 Å². The number of nitrogens with zero attached hydrogens (tertiary/aromatic N) is 2. The molecule has 0 bridgehead atoms. The highest BCUT2D eigenvalue weighted by Gasteiger charge is 2.54. The topological polar surface area (TPSA) is 65.0 Å². The number of carbonyl (C=O) groups excluding carboxylic acids is 1. The lowest BCUT2D eigenvalue weighted by Gasteiger charge is -2.41. The molecule has 5 nitrogen and oxygen atoms in total. The molecule has 1 amide bonds. The van der Waals surface area contributed by atoms with Gasteiger partial charge in [-0.25, -0.2) is 4.79 Å². The normalized spacial score (nSPS) is 25.2. The third-order valence-electron chi connectivity index (χ3n) is 6.05. The van der Waals surface area contributed by atoms with E-state index in [1.54, 1.807) is 4.90 Å². The van der Waals surface area contributed by atoms with Crippen molar-refractivity contribution in [3.05, 3.63) is 34.9 Å². The zero-order chi connectivity index (χ0) is 19.6. The lowest BCUT2D eigenvalue weighted by molar-refractivity contribution is 0.0159. The summed E-state index contributed by atoms with van der Waals surface area (Å²) >= 11 is -1.28. The smallest absolute Gasteiger partial charge is 0.410 e. The molecule has 1 aliphatic carbocycles. The number of rotatable bonds is 0. The summed E-state index contributed by atoms with van der Waals surface area (Å²) in [5.41, 5.74) is 4.09. The van der Waals surface area contributed by atoms with Crippen molar-refractivity contribution in [1.29, 1.82) is 0 Å². The number of fused-ring (bicyclic) bond motifs is 1. The highest BCUT2D eigenvalue weighted by atomic mass is 32.2. The van der Waals surface area contributed by atoms with E-state index in [-0.39, 0.29) is 11.5 Å². The van der Waals surface area contributed by atoms with E-state index in [1.807, 2.05) is 34.6 Å². The number of hydrogen-bond acceptors (Lipinski definition) is 4. The number of carbonyl (C=O) groups is 1. The fourth-order valence-electron chi connectivity index (χ4n) is 4.53. The number of piperidine rings is 1. The van der Waals surface area contributed by atoms with Crippen LogP contribution in [0.2, 0.25) is 0 Å². The Balaban J connectivity index is 1.61. The van der Waals surface area contributed by atoms with Gasteiger partial charge in [0.25, 0.3) is 0 Å². The highest BCUT2D eigenvalue weighted by molar-refractivity contribution is 7.91. The van der Waals surface area contributed by atoms with Crippen molar-refractivity contribution in [2.24, 2.45) is 9.81 Å². The molecule has 3 aliphatic rings. The fraction of sp³-hybridized carbons (Fsp3) is 0.619. The largest absolute Gasteiger partial charge is 0.591 e.